The van der Waals surface area contributed by atoms with Gasteiger partial charge in [0.2, 0.25) is 0 Å². The van der Waals surface area contributed by atoms with Gasteiger partial charge in [0.1, 0.15) is 5.82 Å². The molecule has 1 atom stereocenters. The molecule has 1 aromatic carbocycles. The molecular weight excluding hydrogens is 276 g/mol. The van der Waals surface area contributed by atoms with E-state index in [0.717, 1.165) is 12.1 Å². The minimum absolute atomic E-state index is 0.170. The van der Waals surface area contributed by atoms with Gasteiger partial charge in [0.15, 0.2) is 0 Å². The van der Waals surface area contributed by atoms with E-state index < -0.39 is 17.6 Å². The highest BCUT2D eigenvalue weighted by atomic mass is 19.4. The van der Waals surface area contributed by atoms with Crippen LogP contribution in [-0.4, -0.2) is 37.7 Å². The van der Waals surface area contributed by atoms with Crippen LogP contribution < -0.4 is 5.73 Å². The second kappa shape index (κ2) is 6.07. The maximum Gasteiger partial charge on any atom is 0.419 e. The van der Waals surface area contributed by atoms with Crippen LogP contribution in [0, 0.1) is 5.82 Å². The van der Waals surface area contributed by atoms with Gasteiger partial charge in [0, 0.05) is 25.7 Å². The smallest absolute Gasteiger partial charge is 0.379 e. The molecule has 7 heteroatoms. The van der Waals surface area contributed by atoms with Crippen LogP contribution in [-0.2, 0) is 10.9 Å². The maximum atomic E-state index is 13.3. The van der Waals surface area contributed by atoms with Gasteiger partial charge in [0.25, 0.3) is 0 Å². The van der Waals surface area contributed by atoms with Crippen LogP contribution >= 0.6 is 0 Å². The van der Waals surface area contributed by atoms with Gasteiger partial charge in [-0.05, 0) is 17.7 Å². The van der Waals surface area contributed by atoms with E-state index in [1.54, 1.807) is 0 Å². The van der Waals surface area contributed by atoms with E-state index >= 15 is 0 Å². The summed E-state index contributed by atoms with van der Waals surface area (Å²) < 4.78 is 56.7. The first kappa shape index (κ1) is 15.2. The first-order valence-corrected chi connectivity index (χ1v) is 6.32. The minimum atomic E-state index is -4.70. The molecule has 1 aromatic rings. The highest BCUT2D eigenvalue weighted by Crippen LogP contribution is 2.33. The maximum absolute atomic E-state index is 13.3. The molecular formula is C13H16F4N2O. The van der Waals surface area contributed by atoms with Crippen LogP contribution in [0.1, 0.15) is 17.2 Å². The molecule has 1 heterocycles. The average molecular weight is 292 g/mol. The zero-order valence-corrected chi connectivity index (χ0v) is 10.8. The molecule has 1 aliphatic heterocycles. The summed E-state index contributed by atoms with van der Waals surface area (Å²) >= 11 is 0. The summed E-state index contributed by atoms with van der Waals surface area (Å²) in [6, 6.07) is 2.70. The summed E-state index contributed by atoms with van der Waals surface area (Å²) in [5.41, 5.74) is 4.80. The number of hydrogen-bond donors (Lipinski definition) is 1. The fraction of sp³-hybridized carbons (Fsp3) is 0.538. The molecule has 0 saturated carbocycles. The van der Waals surface area contributed by atoms with Crippen molar-refractivity contribution in [3.05, 3.63) is 35.1 Å². The lowest BCUT2D eigenvalue weighted by Crippen LogP contribution is -2.41. The summed E-state index contributed by atoms with van der Waals surface area (Å²) in [5, 5.41) is 0. The summed E-state index contributed by atoms with van der Waals surface area (Å²) in [5.74, 6) is -1.26. The SMILES string of the molecule is NCC(c1ccc(F)c(C(F)(F)F)c1)N1CCOCC1. The van der Waals surface area contributed by atoms with Crippen LogP contribution in [0.3, 0.4) is 0 Å². The average Bonchev–Trinajstić information content (AvgIpc) is 2.41. The molecule has 1 aliphatic rings. The molecule has 0 aromatic heterocycles. The number of alkyl halides is 3. The molecule has 1 unspecified atom stereocenters. The van der Waals surface area contributed by atoms with Crippen molar-refractivity contribution in [2.24, 2.45) is 5.73 Å². The van der Waals surface area contributed by atoms with Crippen molar-refractivity contribution < 1.29 is 22.3 Å². The van der Waals surface area contributed by atoms with E-state index in [2.05, 4.69) is 0 Å². The Kier molecular flexibility index (Phi) is 4.62. The van der Waals surface area contributed by atoms with Crippen LogP contribution in [0.15, 0.2) is 18.2 Å². The van der Waals surface area contributed by atoms with E-state index in [4.69, 9.17) is 10.5 Å². The van der Waals surface area contributed by atoms with Crippen molar-refractivity contribution >= 4 is 0 Å². The Morgan fingerprint density at radius 1 is 1.25 bits per heavy atom. The first-order valence-electron chi connectivity index (χ1n) is 6.32. The molecule has 0 amide bonds. The van der Waals surface area contributed by atoms with E-state index in [0.29, 0.717) is 31.9 Å². The molecule has 112 valence electrons. The summed E-state index contributed by atoms with van der Waals surface area (Å²) in [6.07, 6.45) is -4.70. The van der Waals surface area contributed by atoms with Gasteiger partial charge in [0.05, 0.1) is 18.8 Å². The van der Waals surface area contributed by atoms with Crippen LogP contribution in [0.5, 0.6) is 0 Å². The van der Waals surface area contributed by atoms with Crippen molar-refractivity contribution in [1.29, 1.82) is 0 Å². The van der Waals surface area contributed by atoms with Crippen LogP contribution in [0.25, 0.3) is 0 Å². The zero-order chi connectivity index (χ0) is 14.8. The Hall–Kier alpha value is -1.18. The quantitative estimate of drug-likeness (QED) is 0.868. The molecule has 0 aliphatic carbocycles. The van der Waals surface area contributed by atoms with Gasteiger partial charge in [-0.15, -0.1) is 0 Å². The third-order valence-corrected chi connectivity index (χ3v) is 3.39. The van der Waals surface area contributed by atoms with Gasteiger partial charge in [-0.1, -0.05) is 6.07 Å². The standard InChI is InChI=1S/C13H16F4N2O/c14-11-2-1-9(7-10(11)13(15,16)17)12(8-18)19-3-5-20-6-4-19/h1-2,7,12H,3-6,8,18H2. The largest absolute Gasteiger partial charge is 0.419 e. The Labute approximate surface area is 114 Å². The second-order valence-corrected chi connectivity index (χ2v) is 4.64. The third-order valence-electron chi connectivity index (χ3n) is 3.39. The number of nitrogens with zero attached hydrogens (tertiary/aromatic N) is 1. The predicted molar refractivity (Wildman–Crippen MR) is 65.6 cm³/mol. The number of rotatable bonds is 3. The van der Waals surface area contributed by atoms with Gasteiger partial charge >= 0.3 is 6.18 Å². The molecule has 2 rings (SSSR count). The number of halogens is 4. The topological polar surface area (TPSA) is 38.5 Å². The summed E-state index contributed by atoms with van der Waals surface area (Å²) in [7, 11) is 0. The fourth-order valence-electron chi connectivity index (χ4n) is 2.35. The van der Waals surface area contributed by atoms with Crippen molar-refractivity contribution in [3.8, 4) is 0 Å². The van der Waals surface area contributed by atoms with Gasteiger partial charge in [-0.3, -0.25) is 4.90 Å². The molecule has 0 spiro atoms. The molecule has 20 heavy (non-hydrogen) atoms. The van der Waals surface area contributed by atoms with Gasteiger partial charge in [-0.25, -0.2) is 4.39 Å². The highest BCUT2D eigenvalue weighted by molar-refractivity contribution is 5.30. The highest BCUT2D eigenvalue weighted by Gasteiger charge is 2.35. The van der Waals surface area contributed by atoms with Crippen molar-refractivity contribution in [2.45, 2.75) is 12.2 Å². The van der Waals surface area contributed by atoms with Crippen LogP contribution in [0.2, 0.25) is 0 Å². The summed E-state index contributed by atoms with van der Waals surface area (Å²) in [4.78, 5) is 1.96. The van der Waals surface area contributed by atoms with E-state index in [-0.39, 0.29) is 12.6 Å². The lowest BCUT2D eigenvalue weighted by Gasteiger charge is -2.34. The van der Waals surface area contributed by atoms with Crippen molar-refractivity contribution in [2.75, 3.05) is 32.8 Å². The van der Waals surface area contributed by atoms with Gasteiger partial charge < -0.3 is 10.5 Å². The van der Waals surface area contributed by atoms with Gasteiger partial charge in [-0.2, -0.15) is 13.2 Å². The molecule has 0 radical (unpaired) electrons. The molecule has 2 N–H and O–H groups in total. The third kappa shape index (κ3) is 3.28. The Morgan fingerprint density at radius 3 is 2.45 bits per heavy atom. The van der Waals surface area contributed by atoms with E-state index in [1.807, 2.05) is 4.90 Å². The zero-order valence-electron chi connectivity index (χ0n) is 10.8. The number of benzene rings is 1. The van der Waals surface area contributed by atoms with Crippen molar-refractivity contribution in [1.82, 2.24) is 4.90 Å². The molecule has 1 fully saturated rings. The number of ether oxygens (including phenoxy) is 1. The molecule has 3 nitrogen and oxygen atoms in total. The fourth-order valence-corrected chi connectivity index (χ4v) is 2.35. The lowest BCUT2D eigenvalue weighted by atomic mass is 10.0. The Morgan fingerprint density at radius 2 is 1.90 bits per heavy atom. The Balaban J connectivity index is 2.30. The number of morpholine rings is 1. The minimum Gasteiger partial charge on any atom is -0.379 e. The number of hydrogen-bond acceptors (Lipinski definition) is 3. The monoisotopic (exact) mass is 292 g/mol. The molecule has 1 saturated heterocycles. The lowest BCUT2D eigenvalue weighted by molar-refractivity contribution is -0.140. The molecule has 0 bridgehead atoms. The van der Waals surface area contributed by atoms with E-state index in [1.165, 1.54) is 6.07 Å². The van der Waals surface area contributed by atoms with E-state index in [9.17, 15) is 17.6 Å². The van der Waals surface area contributed by atoms with Crippen LogP contribution in [0.4, 0.5) is 17.6 Å². The first-order chi connectivity index (χ1) is 9.43. The normalized spacial score (nSPS) is 19.1. The Bertz CT molecular complexity index is 458. The number of nitrogens with two attached hydrogens (primary N) is 1. The van der Waals surface area contributed by atoms with Crippen molar-refractivity contribution in [3.63, 3.8) is 0 Å². The summed E-state index contributed by atoms with van der Waals surface area (Å²) in [6.45, 7) is 2.40. The second-order valence-electron chi connectivity index (χ2n) is 4.64. The predicted octanol–water partition coefficient (Wildman–Crippen LogP) is 2.18.